The molecule has 1 aliphatic heterocycles. The highest BCUT2D eigenvalue weighted by Gasteiger charge is 2.28. The Kier molecular flexibility index (Phi) is 2.24. The molecule has 2 N–H and O–H groups in total. The van der Waals surface area contributed by atoms with Gasteiger partial charge >= 0.3 is 0 Å². The normalized spacial score (nSPS) is 21.1. The van der Waals surface area contributed by atoms with Crippen LogP contribution in [0.2, 0.25) is 0 Å². The fourth-order valence-electron chi connectivity index (χ4n) is 1.11. The molecular weight excluding hydrogens is 144 g/mol. The van der Waals surface area contributed by atoms with E-state index in [4.69, 9.17) is 5.73 Å². The molecular formula is C7H12N2O2. The molecule has 62 valence electrons. The Hall–Kier alpha value is -0.900. The van der Waals surface area contributed by atoms with Crippen molar-refractivity contribution in [3.05, 3.63) is 0 Å². The summed E-state index contributed by atoms with van der Waals surface area (Å²) in [5.74, 6) is -0.181. The summed E-state index contributed by atoms with van der Waals surface area (Å²) in [4.78, 5) is 23.2. The van der Waals surface area contributed by atoms with E-state index in [1.165, 1.54) is 4.90 Å². The molecule has 0 aliphatic carbocycles. The quantitative estimate of drug-likeness (QED) is 0.547. The summed E-state index contributed by atoms with van der Waals surface area (Å²) in [6.07, 6.45) is 0.705. The van der Waals surface area contributed by atoms with Gasteiger partial charge in [-0.25, -0.2) is 0 Å². The third-order valence-corrected chi connectivity index (χ3v) is 1.63. The Morgan fingerprint density at radius 1 is 1.45 bits per heavy atom. The van der Waals surface area contributed by atoms with E-state index in [-0.39, 0.29) is 17.9 Å². The summed E-state index contributed by atoms with van der Waals surface area (Å²) in [5, 5.41) is 0. The zero-order valence-electron chi connectivity index (χ0n) is 6.54. The lowest BCUT2D eigenvalue weighted by molar-refractivity contribution is -0.138. The first-order valence-corrected chi connectivity index (χ1v) is 3.70. The summed E-state index contributed by atoms with van der Waals surface area (Å²) in [6, 6.07) is -0.124. The molecule has 0 bridgehead atoms. The van der Waals surface area contributed by atoms with Gasteiger partial charge in [0, 0.05) is 25.4 Å². The molecule has 0 saturated carbocycles. The summed E-state index contributed by atoms with van der Waals surface area (Å²) in [7, 11) is 0. The summed E-state index contributed by atoms with van der Waals surface area (Å²) >= 11 is 0. The molecule has 1 heterocycles. The summed E-state index contributed by atoms with van der Waals surface area (Å²) in [5.41, 5.74) is 5.45. The zero-order chi connectivity index (χ0) is 8.43. The van der Waals surface area contributed by atoms with Crippen molar-refractivity contribution in [2.45, 2.75) is 25.8 Å². The molecule has 0 radical (unpaired) electrons. The smallest absolute Gasteiger partial charge is 0.229 e. The van der Waals surface area contributed by atoms with Crippen LogP contribution >= 0.6 is 0 Å². The Morgan fingerprint density at radius 2 is 1.91 bits per heavy atom. The van der Waals surface area contributed by atoms with Gasteiger partial charge in [0.25, 0.3) is 0 Å². The van der Waals surface area contributed by atoms with Crippen molar-refractivity contribution in [2.24, 2.45) is 5.73 Å². The molecule has 11 heavy (non-hydrogen) atoms. The van der Waals surface area contributed by atoms with E-state index in [1.54, 1.807) is 6.92 Å². The van der Waals surface area contributed by atoms with E-state index in [1.807, 2.05) is 0 Å². The molecule has 1 fully saturated rings. The van der Waals surface area contributed by atoms with Crippen molar-refractivity contribution in [3.63, 3.8) is 0 Å². The van der Waals surface area contributed by atoms with Crippen LogP contribution in [0.3, 0.4) is 0 Å². The average Bonchev–Trinajstić information content (AvgIpc) is 2.18. The monoisotopic (exact) mass is 156 g/mol. The van der Waals surface area contributed by atoms with Crippen LogP contribution < -0.4 is 5.73 Å². The minimum Gasteiger partial charge on any atom is -0.326 e. The van der Waals surface area contributed by atoms with Gasteiger partial charge < -0.3 is 5.73 Å². The zero-order valence-corrected chi connectivity index (χ0v) is 6.54. The SMILES string of the molecule is C[C@H](N)CN1C(=O)CCC1=O. The van der Waals surface area contributed by atoms with E-state index < -0.39 is 0 Å². The minimum absolute atomic E-state index is 0.0905. The number of carbonyl (C=O) groups is 2. The number of imide groups is 1. The highest BCUT2D eigenvalue weighted by molar-refractivity contribution is 6.01. The first kappa shape index (κ1) is 8.20. The van der Waals surface area contributed by atoms with Crippen molar-refractivity contribution >= 4 is 11.8 Å². The van der Waals surface area contributed by atoms with E-state index >= 15 is 0 Å². The van der Waals surface area contributed by atoms with Crippen LogP contribution in [0.15, 0.2) is 0 Å². The standard InChI is InChI=1S/C7H12N2O2/c1-5(8)4-9-6(10)2-3-7(9)11/h5H,2-4,8H2,1H3/t5-/m0/s1. The van der Waals surface area contributed by atoms with E-state index in [0.717, 1.165) is 0 Å². The van der Waals surface area contributed by atoms with Crippen LogP contribution in [0.25, 0.3) is 0 Å². The molecule has 4 nitrogen and oxygen atoms in total. The van der Waals surface area contributed by atoms with Gasteiger partial charge in [-0.3, -0.25) is 14.5 Å². The van der Waals surface area contributed by atoms with E-state index in [9.17, 15) is 9.59 Å². The summed E-state index contributed by atoms with van der Waals surface area (Å²) in [6.45, 7) is 2.14. The van der Waals surface area contributed by atoms with Gasteiger partial charge in [0.15, 0.2) is 0 Å². The Balaban J connectivity index is 2.55. The fraction of sp³-hybridized carbons (Fsp3) is 0.714. The van der Waals surface area contributed by atoms with Crippen LogP contribution in [0, 0.1) is 0 Å². The third kappa shape index (κ3) is 1.77. The van der Waals surface area contributed by atoms with Crippen molar-refractivity contribution in [2.75, 3.05) is 6.54 Å². The Morgan fingerprint density at radius 3 is 2.27 bits per heavy atom. The Labute approximate surface area is 65.3 Å². The van der Waals surface area contributed by atoms with Crippen LogP contribution in [0.5, 0.6) is 0 Å². The molecule has 1 aliphatic rings. The van der Waals surface area contributed by atoms with Gasteiger partial charge in [0.2, 0.25) is 11.8 Å². The number of hydrogen-bond acceptors (Lipinski definition) is 3. The van der Waals surface area contributed by atoms with Crippen molar-refractivity contribution in [1.82, 2.24) is 4.90 Å². The first-order chi connectivity index (χ1) is 5.11. The molecule has 0 aromatic heterocycles. The van der Waals surface area contributed by atoms with Gasteiger partial charge in [0.1, 0.15) is 0 Å². The van der Waals surface area contributed by atoms with E-state index in [2.05, 4.69) is 0 Å². The Bertz CT molecular complexity index is 173. The van der Waals surface area contributed by atoms with Crippen molar-refractivity contribution in [3.8, 4) is 0 Å². The molecule has 1 saturated heterocycles. The van der Waals surface area contributed by atoms with Gasteiger partial charge in [-0.15, -0.1) is 0 Å². The van der Waals surface area contributed by atoms with E-state index in [0.29, 0.717) is 19.4 Å². The second-order valence-corrected chi connectivity index (χ2v) is 2.88. The fourth-order valence-corrected chi connectivity index (χ4v) is 1.11. The van der Waals surface area contributed by atoms with Crippen LogP contribution in [-0.4, -0.2) is 29.3 Å². The first-order valence-electron chi connectivity index (χ1n) is 3.70. The predicted molar refractivity (Wildman–Crippen MR) is 39.6 cm³/mol. The number of likely N-dealkylation sites (tertiary alicyclic amines) is 1. The number of nitrogens with zero attached hydrogens (tertiary/aromatic N) is 1. The van der Waals surface area contributed by atoms with Crippen LogP contribution in [0.4, 0.5) is 0 Å². The number of rotatable bonds is 2. The topological polar surface area (TPSA) is 63.4 Å². The lowest BCUT2D eigenvalue weighted by Gasteiger charge is -2.15. The van der Waals surface area contributed by atoms with Crippen molar-refractivity contribution in [1.29, 1.82) is 0 Å². The minimum atomic E-state index is -0.124. The maximum Gasteiger partial charge on any atom is 0.229 e. The second-order valence-electron chi connectivity index (χ2n) is 2.88. The molecule has 2 amide bonds. The maximum absolute atomic E-state index is 11.0. The van der Waals surface area contributed by atoms with Gasteiger partial charge in [-0.05, 0) is 6.92 Å². The number of hydrogen-bond donors (Lipinski definition) is 1. The lowest BCUT2D eigenvalue weighted by Crippen LogP contribution is -2.38. The molecule has 1 rings (SSSR count). The maximum atomic E-state index is 11.0. The third-order valence-electron chi connectivity index (χ3n) is 1.63. The summed E-state index contributed by atoms with van der Waals surface area (Å²) < 4.78 is 0. The lowest BCUT2D eigenvalue weighted by atomic mass is 10.3. The predicted octanol–water partition coefficient (Wildman–Crippen LogP) is -0.517. The molecule has 0 aromatic rings. The molecule has 0 aromatic carbocycles. The molecule has 1 atom stereocenters. The van der Waals surface area contributed by atoms with Gasteiger partial charge in [0.05, 0.1) is 0 Å². The van der Waals surface area contributed by atoms with Gasteiger partial charge in [-0.2, -0.15) is 0 Å². The largest absolute Gasteiger partial charge is 0.326 e. The molecule has 0 unspecified atom stereocenters. The number of amides is 2. The number of carbonyl (C=O) groups excluding carboxylic acids is 2. The molecule has 0 spiro atoms. The van der Waals surface area contributed by atoms with Crippen LogP contribution in [-0.2, 0) is 9.59 Å². The highest BCUT2D eigenvalue weighted by atomic mass is 16.2. The number of nitrogens with two attached hydrogens (primary N) is 1. The highest BCUT2D eigenvalue weighted by Crippen LogP contribution is 2.10. The van der Waals surface area contributed by atoms with Gasteiger partial charge in [-0.1, -0.05) is 0 Å². The average molecular weight is 156 g/mol. The second kappa shape index (κ2) is 3.00. The van der Waals surface area contributed by atoms with Crippen molar-refractivity contribution < 1.29 is 9.59 Å². The molecule has 4 heteroatoms. The van der Waals surface area contributed by atoms with Crippen LogP contribution in [0.1, 0.15) is 19.8 Å².